The van der Waals surface area contributed by atoms with E-state index < -0.39 is 0 Å². The van der Waals surface area contributed by atoms with Crippen molar-refractivity contribution in [1.82, 2.24) is 19.4 Å². The molecule has 0 unspecified atom stereocenters. The first-order valence-corrected chi connectivity index (χ1v) is 11.6. The molecule has 0 spiro atoms. The Kier molecular flexibility index (Phi) is 9.04. The van der Waals surface area contributed by atoms with Crippen molar-refractivity contribution in [3.63, 3.8) is 0 Å². The summed E-state index contributed by atoms with van der Waals surface area (Å²) in [6.45, 7) is 6.30. The number of hydrogen-bond acceptors (Lipinski definition) is 5. The molecule has 178 valence electrons. The number of furan rings is 1. The number of nitrogens with zero attached hydrogens (tertiary/aromatic N) is 5. The molecule has 8 heteroatoms. The Morgan fingerprint density at radius 3 is 2.65 bits per heavy atom. The lowest BCUT2D eigenvalue weighted by Gasteiger charge is -2.22. The van der Waals surface area contributed by atoms with Crippen LogP contribution in [0.25, 0.3) is 0 Å². The van der Waals surface area contributed by atoms with Gasteiger partial charge in [-0.15, -0.1) is 0 Å². The first-order valence-electron chi connectivity index (χ1n) is 11.6. The Morgan fingerprint density at radius 2 is 1.94 bits per heavy atom. The monoisotopic (exact) mass is 461 g/mol. The molecular weight excluding hydrogens is 430 g/mol. The van der Waals surface area contributed by atoms with E-state index >= 15 is 0 Å². The van der Waals surface area contributed by atoms with Crippen molar-refractivity contribution in [3.8, 4) is 6.07 Å². The van der Waals surface area contributed by atoms with Crippen LogP contribution in [-0.4, -0.2) is 44.3 Å². The zero-order chi connectivity index (χ0) is 24.3. The van der Waals surface area contributed by atoms with Gasteiger partial charge in [-0.05, 0) is 42.3 Å². The minimum Gasteiger partial charge on any atom is -0.454 e. The van der Waals surface area contributed by atoms with E-state index in [9.17, 15) is 9.59 Å². The predicted molar refractivity (Wildman–Crippen MR) is 127 cm³/mol. The molecule has 0 aliphatic rings. The fourth-order valence-electron chi connectivity index (χ4n) is 3.78. The molecule has 8 nitrogen and oxygen atoms in total. The molecule has 0 bridgehead atoms. The van der Waals surface area contributed by atoms with E-state index in [0.717, 1.165) is 17.7 Å². The minimum absolute atomic E-state index is 0.131. The normalized spacial score (nSPS) is 10.6. The first kappa shape index (κ1) is 24.8. The van der Waals surface area contributed by atoms with Crippen molar-refractivity contribution in [1.29, 1.82) is 5.26 Å². The molecular formula is C26H31N5O3. The van der Waals surface area contributed by atoms with Crippen LogP contribution in [0.15, 0.2) is 59.4 Å². The number of nitriles is 1. The summed E-state index contributed by atoms with van der Waals surface area (Å²) in [6, 6.07) is 13.2. The van der Waals surface area contributed by atoms with Gasteiger partial charge in [0, 0.05) is 50.3 Å². The predicted octanol–water partition coefficient (Wildman–Crippen LogP) is 4.23. The summed E-state index contributed by atoms with van der Waals surface area (Å²) >= 11 is 0. The van der Waals surface area contributed by atoms with E-state index in [2.05, 4.69) is 18.0 Å². The van der Waals surface area contributed by atoms with Crippen molar-refractivity contribution in [2.75, 3.05) is 13.1 Å². The van der Waals surface area contributed by atoms with Crippen molar-refractivity contribution < 1.29 is 14.0 Å². The molecule has 0 fully saturated rings. The van der Waals surface area contributed by atoms with Gasteiger partial charge in [-0.25, -0.2) is 0 Å². The second-order valence-corrected chi connectivity index (χ2v) is 8.06. The molecule has 0 aromatic carbocycles. The molecule has 3 aromatic heterocycles. The smallest absolute Gasteiger partial charge is 0.289 e. The van der Waals surface area contributed by atoms with Crippen molar-refractivity contribution >= 4 is 11.8 Å². The van der Waals surface area contributed by atoms with Crippen LogP contribution in [0.5, 0.6) is 0 Å². The van der Waals surface area contributed by atoms with Gasteiger partial charge in [-0.3, -0.25) is 14.6 Å². The summed E-state index contributed by atoms with van der Waals surface area (Å²) in [5.74, 6) is 0.748. The Morgan fingerprint density at radius 1 is 1.09 bits per heavy atom. The zero-order valence-corrected chi connectivity index (χ0v) is 19.8. The summed E-state index contributed by atoms with van der Waals surface area (Å²) in [5, 5.41) is 9.00. The van der Waals surface area contributed by atoms with Gasteiger partial charge in [0.1, 0.15) is 5.76 Å². The van der Waals surface area contributed by atoms with Crippen LogP contribution in [-0.2, 0) is 24.4 Å². The zero-order valence-electron chi connectivity index (χ0n) is 19.8. The Balaban J connectivity index is 1.71. The van der Waals surface area contributed by atoms with Gasteiger partial charge < -0.3 is 18.8 Å². The van der Waals surface area contributed by atoms with E-state index in [-0.39, 0.29) is 24.0 Å². The number of carbonyl (C=O) groups is 2. The number of carbonyl (C=O) groups excluding carboxylic acids is 2. The lowest BCUT2D eigenvalue weighted by Crippen LogP contribution is -2.31. The van der Waals surface area contributed by atoms with Gasteiger partial charge in [-0.1, -0.05) is 19.9 Å². The molecule has 0 N–H and O–H groups in total. The number of aromatic nitrogens is 2. The molecule has 0 aliphatic carbocycles. The molecule has 3 rings (SSSR count). The van der Waals surface area contributed by atoms with Crippen molar-refractivity contribution in [2.24, 2.45) is 0 Å². The van der Waals surface area contributed by atoms with Gasteiger partial charge in [-0.2, -0.15) is 5.26 Å². The second kappa shape index (κ2) is 12.4. The summed E-state index contributed by atoms with van der Waals surface area (Å²) in [5.41, 5.74) is 1.89. The third-order valence-corrected chi connectivity index (χ3v) is 5.50. The SMILES string of the molecule is CCCN(Cc1cccn1Cc1ccc(C(=O)N(CCC#N)Cc2cccnc2)o1)C(=O)CC. The van der Waals surface area contributed by atoms with Crippen LogP contribution in [0.4, 0.5) is 0 Å². The van der Waals surface area contributed by atoms with Crippen molar-refractivity contribution in [3.05, 3.63) is 77.8 Å². The van der Waals surface area contributed by atoms with Gasteiger partial charge in [0.25, 0.3) is 5.91 Å². The molecule has 0 saturated heterocycles. The van der Waals surface area contributed by atoms with Gasteiger partial charge in [0.2, 0.25) is 5.91 Å². The van der Waals surface area contributed by atoms with Gasteiger partial charge in [0.05, 0.1) is 25.6 Å². The lowest BCUT2D eigenvalue weighted by atomic mass is 10.2. The first-order chi connectivity index (χ1) is 16.5. The van der Waals surface area contributed by atoms with Crippen LogP contribution >= 0.6 is 0 Å². The second-order valence-electron chi connectivity index (χ2n) is 8.06. The maximum atomic E-state index is 13.1. The average molecular weight is 462 g/mol. The highest BCUT2D eigenvalue weighted by molar-refractivity contribution is 5.91. The number of hydrogen-bond donors (Lipinski definition) is 0. The number of pyridine rings is 1. The fraction of sp³-hybridized carbons (Fsp3) is 0.385. The van der Waals surface area contributed by atoms with E-state index in [1.165, 1.54) is 0 Å². The lowest BCUT2D eigenvalue weighted by molar-refractivity contribution is -0.131. The third-order valence-electron chi connectivity index (χ3n) is 5.50. The molecule has 0 saturated carbocycles. The third kappa shape index (κ3) is 6.58. The highest BCUT2D eigenvalue weighted by atomic mass is 16.4. The highest BCUT2D eigenvalue weighted by Gasteiger charge is 2.20. The summed E-state index contributed by atoms with van der Waals surface area (Å²) in [4.78, 5) is 33.0. The van der Waals surface area contributed by atoms with E-state index in [0.29, 0.717) is 44.9 Å². The summed E-state index contributed by atoms with van der Waals surface area (Å²) in [7, 11) is 0. The molecule has 0 atom stereocenters. The fourth-order valence-corrected chi connectivity index (χ4v) is 3.78. The topological polar surface area (TPSA) is 95.4 Å². The van der Waals surface area contributed by atoms with Gasteiger partial charge >= 0.3 is 0 Å². The quantitative estimate of drug-likeness (QED) is 0.402. The highest BCUT2D eigenvalue weighted by Crippen LogP contribution is 2.17. The summed E-state index contributed by atoms with van der Waals surface area (Å²) < 4.78 is 7.93. The summed E-state index contributed by atoms with van der Waals surface area (Å²) in [6.07, 6.45) is 6.94. The van der Waals surface area contributed by atoms with Gasteiger partial charge in [0.15, 0.2) is 5.76 Å². The van der Waals surface area contributed by atoms with Crippen LogP contribution in [0, 0.1) is 11.3 Å². The Bertz CT molecular complexity index is 1110. The molecule has 3 heterocycles. The van der Waals surface area contributed by atoms with Crippen LogP contribution in [0.3, 0.4) is 0 Å². The molecule has 0 radical (unpaired) electrons. The number of rotatable bonds is 12. The standard InChI is InChI=1S/C26H31N5O3/c1-3-14-30(25(32)4-2)19-22-9-6-15-29(22)20-23-10-11-24(34-23)26(33)31(16-7-12-27)18-21-8-5-13-28-17-21/h5-6,8-11,13,15,17H,3-4,7,14,16,18-20H2,1-2H3. The van der Waals surface area contributed by atoms with Crippen LogP contribution in [0.1, 0.15) is 60.7 Å². The number of amides is 2. The molecule has 3 aromatic rings. The van der Waals surface area contributed by atoms with E-state index in [1.807, 2.05) is 46.9 Å². The van der Waals surface area contributed by atoms with Crippen molar-refractivity contribution in [2.45, 2.75) is 52.7 Å². The molecule has 34 heavy (non-hydrogen) atoms. The van der Waals surface area contributed by atoms with E-state index in [1.54, 1.807) is 29.4 Å². The minimum atomic E-state index is -0.263. The maximum Gasteiger partial charge on any atom is 0.289 e. The molecule has 2 amide bonds. The molecule has 0 aliphatic heterocycles. The largest absolute Gasteiger partial charge is 0.454 e. The average Bonchev–Trinajstić information content (AvgIpc) is 3.51. The Hall–Kier alpha value is -3.86. The van der Waals surface area contributed by atoms with Crippen LogP contribution in [0.2, 0.25) is 0 Å². The van der Waals surface area contributed by atoms with E-state index in [4.69, 9.17) is 9.68 Å². The van der Waals surface area contributed by atoms with Crippen LogP contribution < -0.4 is 0 Å². The maximum absolute atomic E-state index is 13.1. The Labute approximate surface area is 200 Å².